The standard InChI is InChI=1S/C21H37N7O5/c1-13(2)27(14(3)4)12-16(29)25-8-10-26(11-9-25)21(33)28-17(19(31)32)15(18(28)30)6-5-7-24-20(22)23/h13-15,17H,5-12H2,1-4H3,(H,31,32)(H4,22,23,24)/t15-,17+/m1/s1. The number of urea groups is 1. The number of amides is 4. The second-order valence-corrected chi connectivity index (χ2v) is 9.06. The number of hydrogen-bond acceptors (Lipinski definition) is 6. The Labute approximate surface area is 194 Å². The number of aliphatic carboxylic acids is 1. The van der Waals surface area contributed by atoms with E-state index in [2.05, 4.69) is 9.89 Å². The summed E-state index contributed by atoms with van der Waals surface area (Å²) in [5.74, 6) is -2.57. The van der Waals surface area contributed by atoms with Crippen molar-refractivity contribution in [1.29, 1.82) is 0 Å². The number of nitrogens with zero attached hydrogens (tertiary/aromatic N) is 5. The Morgan fingerprint density at radius 1 is 1.06 bits per heavy atom. The monoisotopic (exact) mass is 467 g/mol. The number of nitrogens with two attached hydrogens (primary N) is 2. The fourth-order valence-electron chi connectivity index (χ4n) is 4.36. The molecule has 4 amide bonds. The summed E-state index contributed by atoms with van der Waals surface area (Å²) in [6.07, 6.45) is 0.714. The van der Waals surface area contributed by atoms with E-state index in [-0.39, 0.29) is 50.0 Å². The zero-order valence-corrected chi connectivity index (χ0v) is 19.9. The lowest BCUT2D eigenvalue weighted by molar-refractivity contribution is -0.167. The van der Waals surface area contributed by atoms with Crippen molar-refractivity contribution in [2.45, 2.75) is 58.7 Å². The Morgan fingerprint density at radius 2 is 1.61 bits per heavy atom. The molecule has 0 bridgehead atoms. The highest BCUT2D eigenvalue weighted by molar-refractivity contribution is 6.07. The molecule has 12 heteroatoms. The molecule has 33 heavy (non-hydrogen) atoms. The number of likely N-dealkylation sites (tertiary alicyclic amines) is 1. The minimum Gasteiger partial charge on any atom is -0.480 e. The van der Waals surface area contributed by atoms with Crippen LogP contribution in [0, 0.1) is 5.92 Å². The average Bonchev–Trinajstić information content (AvgIpc) is 2.74. The van der Waals surface area contributed by atoms with Crippen molar-refractivity contribution in [1.82, 2.24) is 19.6 Å². The topological polar surface area (TPSA) is 166 Å². The maximum absolute atomic E-state index is 12.9. The quantitative estimate of drug-likeness (QED) is 0.174. The SMILES string of the molecule is CC(C)N(CC(=O)N1CCN(C(=O)N2C(=O)[C@H](CCCN=C(N)N)[C@H]2C(=O)O)CC1)C(C)C. The lowest BCUT2D eigenvalue weighted by atomic mass is 9.84. The van der Waals surface area contributed by atoms with E-state index in [0.717, 1.165) is 4.90 Å². The molecule has 2 fully saturated rings. The van der Waals surface area contributed by atoms with Crippen LogP contribution in [0.3, 0.4) is 0 Å². The average molecular weight is 468 g/mol. The first-order valence-corrected chi connectivity index (χ1v) is 11.4. The van der Waals surface area contributed by atoms with Gasteiger partial charge in [0.1, 0.15) is 0 Å². The van der Waals surface area contributed by atoms with Gasteiger partial charge in [0.2, 0.25) is 11.8 Å². The van der Waals surface area contributed by atoms with E-state index in [4.69, 9.17) is 11.5 Å². The van der Waals surface area contributed by atoms with Crippen LogP contribution in [-0.4, -0.2) is 112 Å². The number of guanidine groups is 1. The van der Waals surface area contributed by atoms with Crippen molar-refractivity contribution < 1.29 is 24.3 Å². The minimum atomic E-state index is -1.22. The van der Waals surface area contributed by atoms with Gasteiger partial charge in [0.25, 0.3) is 0 Å². The highest BCUT2D eigenvalue weighted by atomic mass is 16.4. The van der Waals surface area contributed by atoms with Gasteiger partial charge >= 0.3 is 12.0 Å². The summed E-state index contributed by atoms with van der Waals surface area (Å²) in [5.41, 5.74) is 10.5. The van der Waals surface area contributed by atoms with Crippen LogP contribution >= 0.6 is 0 Å². The lowest BCUT2D eigenvalue weighted by Crippen LogP contribution is -2.69. The van der Waals surface area contributed by atoms with Crippen molar-refractivity contribution in [3.05, 3.63) is 0 Å². The van der Waals surface area contributed by atoms with Crippen molar-refractivity contribution in [2.24, 2.45) is 22.4 Å². The van der Waals surface area contributed by atoms with Gasteiger partial charge in [-0.2, -0.15) is 0 Å². The Hall–Kier alpha value is -2.89. The highest BCUT2D eigenvalue weighted by Gasteiger charge is 2.55. The maximum atomic E-state index is 12.9. The van der Waals surface area contributed by atoms with Crippen molar-refractivity contribution in [2.75, 3.05) is 39.3 Å². The molecular formula is C21H37N7O5. The van der Waals surface area contributed by atoms with E-state index >= 15 is 0 Å². The van der Waals surface area contributed by atoms with Crippen LogP contribution in [0.1, 0.15) is 40.5 Å². The number of carboxylic acid groups (broad SMARTS) is 1. The summed E-state index contributed by atoms with van der Waals surface area (Å²) in [5, 5.41) is 9.58. The molecule has 12 nitrogen and oxygen atoms in total. The Kier molecular flexibility index (Phi) is 9.03. The molecule has 2 heterocycles. The van der Waals surface area contributed by atoms with Crippen LogP contribution in [0.25, 0.3) is 0 Å². The van der Waals surface area contributed by atoms with Crippen LogP contribution in [0.4, 0.5) is 4.79 Å². The molecule has 0 aromatic heterocycles. The molecule has 5 N–H and O–H groups in total. The van der Waals surface area contributed by atoms with E-state index in [0.29, 0.717) is 26.1 Å². The molecule has 2 aliphatic heterocycles. The van der Waals surface area contributed by atoms with E-state index in [1.807, 2.05) is 27.7 Å². The van der Waals surface area contributed by atoms with Crippen LogP contribution in [0.2, 0.25) is 0 Å². The van der Waals surface area contributed by atoms with Gasteiger partial charge in [-0.05, 0) is 40.5 Å². The number of carbonyl (C=O) groups is 4. The minimum absolute atomic E-state index is 0.00576. The maximum Gasteiger partial charge on any atom is 0.327 e. The Morgan fingerprint density at radius 3 is 2.09 bits per heavy atom. The third-order valence-electron chi connectivity index (χ3n) is 6.19. The second kappa shape index (κ2) is 11.3. The van der Waals surface area contributed by atoms with Crippen molar-refractivity contribution in [3.63, 3.8) is 0 Å². The van der Waals surface area contributed by atoms with E-state index < -0.39 is 29.9 Å². The number of hydrogen-bond donors (Lipinski definition) is 3. The van der Waals surface area contributed by atoms with E-state index in [1.54, 1.807) is 4.90 Å². The molecule has 0 saturated carbocycles. The zero-order chi connectivity index (χ0) is 24.9. The molecule has 2 saturated heterocycles. The second-order valence-electron chi connectivity index (χ2n) is 9.06. The lowest BCUT2D eigenvalue weighted by Gasteiger charge is -2.46. The highest BCUT2D eigenvalue weighted by Crippen LogP contribution is 2.32. The zero-order valence-electron chi connectivity index (χ0n) is 19.9. The number of aliphatic imine (C=N–C) groups is 1. The van der Waals surface area contributed by atoms with Crippen molar-refractivity contribution >= 4 is 29.8 Å². The third kappa shape index (κ3) is 6.34. The van der Waals surface area contributed by atoms with Gasteiger partial charge < -0.3 is 26.4 Å². The summed E-state index contributed by atoms with van der Waals surface area (Å²) < 4.78 is 0. The molecule has 0 aromatic rings. The van der Waals surface area contributed by atoms with Gasteiger partial charge in [0.05, 0.1) is 12.5 Å². The van der Waals surface area contributed by atoms with Crippen LogP contribution in [0.5, 0.6) is 0 Å². The first-order chi connectivity index (χ1) is 15.5. The van der Waals surface area contributed by atoms with Crippen LogP contribution < -0.4 is 11.5 Å². The van der Waals surface area contributed by atoms with E-state index in [9.17, 15) is 24.3 Å². The van der Waals surface area contributed by atoms with E-state index in [1.165, 1.54) is 4.90 Å². The molecule has 2 rings (SSSR count). The van der Waals surface area contributed by atoms with Gasteiger partial charge in [-0.1, -0.05) is 0 Å². The molecule has 2 atom stereocenters. The molecule has 2 aliphatic rings. The van der Waals surface area contributed by atoms with Gasteiger partial charge in [-0.15, -0.1) is 0 Å². The normalized spacial score (nSPS) is 20.9. The summed E-state index contributed by atoms with van der Waals surface area (Å²) in [7, 11) is 0. The van der Waals surface area contributed by atoms with Gasteiger partial charge in [0.15, 0.2) is 12.0 Å². The summed E-state index contributed by atoms with van der Waals surface area (Å²) >= 11 is 0. The molecule has 0 unspecified atom stereocenters. The predicted octanol–water partition coefficient (Wildman–Crippen LogP) is -0.665. The molecule has 0 spiro atoms. The number of piperazine rings is 1. The van der Waals surface area contributed by atoms with Gasteiger partial charge in [0, 0.05) is 44.8 Å². The number of β-lactam (4-membered cyclic amide) rings is 1. The van der Waals surface area contributed by atoms with Crippen LogP contribution in [-0.2, 0) is 14.4 Å². The molecule has 0 aromatic carbocycles. The summed E-state index contributed by atoms with van der Waals surface area (Å²) in [6, 6.07) is -1.36. The van der Waals surface area contributed by atoms with Crippen molar-refractivity contribution in [3.8, 4) is 0 Å². The predicted molar refractivity (Wildman–Crippen MR) is 122 cm³/mol. The number of carbonyl (C=O) groups excluding carboxylic acids is 3. The molecule has 186 valence electrons. The smallest absolute Gasteiger partial charge is 0.327 e. The fraction of sp³-hybridized carbons (Fsp3) is 0.762. The number of imide groups is 1. The largest absolute Gasteiger partial charge is 0.480 e. The molecule has 0 radical (unpaired) electrons. The Balaban J connectivity index is 1.91. The van der Waals surface area contributed by atoms with Gasteiger partial charge in [-0.25, -0.2) is 14.5 Å². The number of carboxylic acids is 1. The number of rotatable bonds is 9. The fourth-order valence-corrected chi connectivity index (χ4v) is 4.36. The first-order valence-electron chi connectivity index (χ1n) is 11.4. The first kappa shape index (κ1) is 26.4. The summed E-state index contributed by atoms with van der Waals surface area (Å²) in [4.78, 5) is 59.8. The Bertz CT molecular complexity index is 765. The van der Waals surface area contributed by atoms with Crippen LogP contribution in [0.15, 0.2) is 4.99 Å². The van der Waals surface area contributed by atoms with Gasteiger partial charge in [-0.3, -0.25) is 19.5 Å². The molecule has 0 aliphatic carbocycles. The third-order valence-corrected chi connectivity index (χ3v) is 6.19. The molecular weight excluding hydrogens is 430 g/mol. The summed E-state index contributed by atoms with van der Waals surface area (Å²) in [6.45, 7) is 9.94.